The molecule has 0 fully saturated rings. The molecule has 0 radical (unpaired) electrons. The van der Waals surface area contributed by atoms with Gasteiger partial charge in [0.1, 0.15) is 5.60 Å². The first-order valence-electron chi connectivity index (χ1n) is 8.71. The van der Waals surface area contributed by atoms with Crippen molar-refractivity contribution >= 4 is 12.0 Å². The summed E-state index contributed by atoms with van der Waals surface area (Å²) in [4.78, 5) is 23.4. The van der Waals surface area contributed by atoms with Crippen LogP contribution in [0.4, 0.5) is 9.18 Å². The number of amides is 2. The minimum absolute atomic E-state index is 0.0315. The van der Waals surface area contributed by atoms with Crippen molar-refractivity contribution in [2.45, 2.75) is 45.6 Å². The average Bonchev–Trinajstić information content (AvgIpc) is 2.53. The van der Waals surface area contributed by atoms with Gasteiger partial charge in [0.2, 0.25) is 0 Å². The number of aryl methyl sites for hydroxylation is 1. The lowest BCUT2D eigenvalue weighted by Gasteiger charge is -2.21. The number of hydrogen-bond donors (Lipinski definition) is 2. The maximum atomic E-state index is 13.2. The molecule has 6 heteroatoms. The van der Waals surface area contributed by atoms with Crippen LogP contribution in [0.5, 0.6) is 0 Å². The third-order valence-corrected chi connectivity index (χ3v) is 4.09. The Morgan fingerprint density at radius 2 is 2.16 bits per heavy atom. The second-order valence-electron chi connectivity index (χ2n) is 7.44. The Morgan fingerprint density at radius 1 is 1.40 bits per heavy atom. The first-order chi connectivity index (χ1) is 11.8. The summed E-state index contributed by atoms with van der Waals surface area (Å²) in [5.41, 5.74) is 2.29. The molecule has 1 atom stereocenters. The van der Waals surface area contributed by atoms with Gasteiger partial charge in [0.25, 0.3) is 5.91 Å². The van der Waals surface area contributed by atoms with Crippen LogP contribution in [-0.4, -0.2) is 37.4 Å². The van der Waals surface area contributed by atoms with Crippen molar-refractivity contribution in [1.82, 2.24) is 10.6 Å². The summed E-state index contributed by atoms with van der Waals surface area (Å²) in [6, 6.07) is 5.79. The van der Waals surface area contributed by atoms with E-state index in [0.29, 0.717) is 19.4 Å². The number of ether oxygens (including phenoxy) is 1. The van der Waals surface area contributed by atoms with Gasteiger partial charge >= 0.3 is 6.09 Å². The van der Waals surface area contributed by atoms with Gasteiger partial charge in [0.05, 0.1) is 6.67 Å². The van der Waals surface area contributed by atoms with Gasteiger partial charge in [0, 0.05) is 24.6 Å². The third-order valence-electron chi connectivity index (χ3n) is 4.09. The SMILES string of the molecule is CC(C)(C)OC(=O)NCC(CF)CCc1ccc2c(c1)CCNC2=O. The summed E-state index contributed by atoms with van der Waals surface area (Å²) in [7, 11) is 0. The monoisotopic (exact) mass is 350 g/mol. The molecule has 0 aliphatic carbocycles. The van der Waals surface area contributed by atoms with Crippen molar-refractivity contribution < 1.29 is 18.7 Å². The standard InChI is InChI=1S/C19H27FN2O3/c1-19(2,3)25-18(24)22-12-14(11-20)5-4-13-6-7-16-15(10-13)8-9-21-17(16)23/h6-7,10,14H,4-5,8-9,11-12H2,1-3H3,(H,21,23)(H,22,24). The van der Waals surface area contributed by atoms with Crippen LogP contribution in [0.2, 0.25) is 0 Å². The molecule has 25 heavy (non-hydrogen) atoms. The van der Waals surface area contributed by atoms with Crippen molar-refractivity contribution in [3.8, 4) is 0 Å². The van der Waals surface area contributed by atoms with Crippen LogP contribution in [0.1, 0.15) is 48.7 Å². The van der Waals surface area contributed by atoms with Crippen LogP contribution < -0.4 is 10.6 Å². The molecule has 0 aromatic heterocycles. The van der Waals surface area contributed by atoms with Gasteiger partial charge in [-0.05, 0) is 57.2 Å². The maximum absolute atomic E-state index is 13.2. The predicted octanol–water partition coefficient (Wildman–Crippen LogP) is 3.02. The molecule has 1 aliphatic heterocycles. The van der Waals surface area contributed by atoms with E-state index in [2.05, 4.69) is 10.6 Å². The molecule has 0 saturated heterocycles. The van der Waals surface area contributed by atoms with E-state index >= 15 is 0 Å². The molecule has 0 saturated carbocycles. The number of carbonyl (C=O) groups excluding carboxylic acids is 2. The normalized spacial score (nSPS) is 15.1. The summed E-state index contributed by atoms with van der Waals surface area (Å²) in [5.74, 6) is -0.289. The largest absolute Gasteiger partial charge is 0.444 e. The molecule has 1 aliphatic rings. The van der Waals surface area contributed by atoms with Gasteiger partial charge in [-0.15, -0.1) is 0 Å². The van der Waals surface area contributed by atoms with Gasteiger partial charge in [-0.1, -0.05) is 12.1 Å². The third kappa shape index (κ3) is 6.03. The van der Waals surface area contributed by atoms with Crippen LogP contribution >= 0.6 is 0 Å². The van der Waals surface area contributed by atoms with Crippen LogP contribution in [0.15, 0.2) is 18.2 Å². The molecule has 138 valence electrons. The Balaban J connectivity index is 1.84. The molecule has 1 aromatic carbocycles. The van der Waals surface area contributed by atoms with Crippen LogP contribution in [0.3, 0.4) is 0 Å². The average molecular weight is 350 g/mol. The van der Waals surface area contributed by atoms with Gasteiger partial charge in [-0.25, -0.2) is 4.79 Å². The zero-order valence-corrected chi connectivity index (χ0v) is 15.2. The zero-order valence-electron chi connectivity index (χ0n) is 15.2. The summed E-state index contributed by atoms with van der Waals surface area (Å²) < 4.78 is 18.4. The lowest BCUT2D eigenvalue weighted by atomic mass is 9.94. The summed E-state index contributed by atoms with van der Waals surface area (Å²) in [5, 5.41) is 5.45. The second-order valence-corrected chi connectivity index (χ2v) is 7.44. The minimum Gasteiger partial charge on any atom is -0.444 e. The Bertz CT molecular complexity index is 626. The fourth-order valence-electron chi connectivity index (χ4n) is 2.78. The van der Waals surface area contributed by atoms with Crippen molar-refractivity contribution in [2.75, 3.05) is 19.8 Å². The number of benzene rings is 1. The Kier molecular flexibility index (Phi) is 6.39. The Hall–Kier alpha value is -2.11. The zero-order chi connectivity index (χ0) is 18.4. The lowest BCUT2D eigenvalue weighted by Crippen LogP contribution is -2.35. The van der Waals surface area contributed by atoms with E-state index in [-0.39, 0.29) is 18.4 Å². The second kappa shape index (κ2) is 8.32. The van der Waals surface area contributed by atoms with E-state index in [1.165, 1.54) is 0 Å². The Labute approximate surface area is 148 Å². The molecule has 5 nitrogen and oxygen atoms in total. The van der Waals surface area contributed by atoms with Crippen molar-refractivity contribution in [3.63, 3.8) is 0 Å². The highest BCUT2D eigenvalue weighted by molar-refractivity contribution is 5.96. The lowest BCUT2D eigenvalue weighted by molar-refractivity contribution is 0.0516. The Morgan fingerprint density at radius 3 is 2.84 bits per heavy atom. The molecule has 2 rings (SSSR count). The van der Waals surface area contributed by atoms with Crippen LogP contribution in [-0.2, 0) is 17.6 Å². The van der Waals surface area contributed by atoms with E-state index < -0.39 is 18.4 Å². The van der Waals surface area contributed by atoms with Crippen molar-refractivity contribution in [2.24, 2.45) is 5.92 Å². The number of fused-ring (bicyclic) bond motifs is 1. The number of alkyl carbamates (subject to hydrolysis) is 1. The smallest absolute Gasteiger partial charge is 0.407 e. The number of alkyl halides is 1. The molecule has 1 heterocycles. The van der Waals surface area contributed by atoms with Crippen LogP contribution in [0.25, 0.3) is 0 Å². The molecule has 2 amide bonds. The molecule has 0 spiro atoms. The van der Waals surface area contributed by atoms with E-state index in [1.807, 2.05) is 18.2 Å². The minimum atomic E-state index is -0.565. The quantitative estimate of drug-likeness (QED) is 0.829. The van der Waals surface area contributed by atoms with E-state index in [1.54, 1.807) is 20.8 Å². The first-order valence-corrected chi connectivity index (χ1v) is 8.71. The number of nitrogens with one attached hydrogen (secondary N) is 2. The summed E-state index contributed by atoms with van der Waals surface area (Å²) >= 11 is 0. The van der Waals surface area contributed by atoms with Gasteiger partial charge < -0.3 is 15.4 Å². The van der Waals surface area contributed by atoms with E-state index in [9.17, 15) is 14.0 Å². The molecule has 1 aromatic rings. The van der Waals surface area contributed by atoms with E-state index in [0.717, 1.165) is 23.1 Å². The topological polar surface area (TPSA) is 67.4 Å². The van der Waals surface area contributed by atoms with Gasteiger partial charge in [0.15, 0.2) is 0 Å². The van der Waals surface area contributed by atoms with E-state index in [4.69, 9.17) is 4.74 Å². The summed E-state index contributed by atoms with van der Waals surface area (Å²) in [6.07, 6.45) is 1.63. The van der Waals surface area contributed by atoms with Gasteiger partial charge in [-0.2, -0.15) is 0 Å². The number of carbonyl (C=O) groups is 2. The molecule has 0 bridgehead atoms. The molecular weight excluding hydrogens is 323 g/mol. The molecule has 1 unspecified atom stereocenters. The number of hydrogen-bond acceptors (Lipinski definition) is 3. The fourth-order valence-corrected chi connectivity index (χ4v) is 2.78. The first kappa shape index (κ1) is 19.2. The highest BCUT2D eigenvalue weighted by Crippen LogP contribution is 2.18. The maximum Gasteiger partial charge on any atom is 0.407 e. The highest BCUT2D eigenvalue weighted by Gasteiger charge is 2.19. The van der Waals surface area contributed by atoms with Gasteiger partial charge in [-0.3, -0.25) is 9.18 Å². The highest BCUT2D eigenvalue weighted by atomic mass is 19.1. The number of rotatable bonds is 6. The van der Waals surface area contributed by atoms with Crippen LogP contribution in [0, 0.1) is 5.92 Å². The fraction of sp³-hybridized carbons (Fsp3) is 0.579. The molecular formula is C19H27FN2O3. The summed E-state index contributed by atoms with van der Waals surface area (Å²) in [6.45, 7) is 5.77. The van der Waals surface area contributed by atoms with Crippen molar-refractivity contribution in [1.29, 1.82) is 0 Å². The predicted molar refractivity (Wildman–Crippen MR) is 94.5 cm³/mol. The van der Waals surface area contributed by atoms with Crippen molar-refractivity contribution in [3.05, 3.63) is 34.9 Å². The molecule has 2 N–H and O–H groups in total. The number of halogens is 1.